The lowest BCUT2D eigenvalue weighted by atomic mass is 10.1. The van der Waals surface area contributed by atoms with Crippen LogP contribution < -0.4 is 5.32 Å². The number of rotatable bonds is 6. The molecule has 2 nitrogen and oxygen atoms in total. The molecule has 0 bridgehead atoms. The van der Waals surface area contributed by atoms with Gasteiger partial charge in [0, 0.05) is 19.7 Å². The van der Waals surface area contributed by atoms with Gasteiger partial charge in [0.05, 0.1) is 11.1 Å². The Morgan fingerprint density at radius 2 is 1.90 bits per heavy atom. The van der Waals surface area contributed by atoms with Crippen LogP contribution in [0.4, 0.5) is 4.39 Å². The number of benzene rings is 2. The minimum Gasteiger partial charge on any atom is -0.380 e. The number of methoxy groups -OCH3 is 1. The second-order valence-corrected chi connectivity index (χ2v) is 5.83. The Kier molecular flexibility index (Phi) is 5.91. The van der Waals surface area contributed by atoms with Crippen LogP contribution in [0.5, 0.6) is 0 Å². The molecule has 21 heavy (non-hydrogen) atoms. The predicted octanol–water partition coefficient (Wildman–Crippen LogP) is 4.59. The van der Waals surface area contributed by atoms with Gasteiger partial charge in [-0.15, -0.1) is 0 Å². The fourth-order valence-corrected chi connectivity index (χ4v) is 2.59. The molecule has 1 N–H and O–H groups in total. The van der Waals surface area contributed by atoms with Crippen molar-refractivity contribution in [2.75, 3.05) is 7.11 Å². The quantitative estimate of drug-likeness (QED) is 0.821. The topological polar surface area (TPSA) is 21.3 Å². The molecule has 0 radical (unpaired) electrons. The Bertz CT molecular complexity index is 603. The van der Waals surface area contributed by atoms with Gasteiger partial charge in [0.1, 0.15) is 5.82 Å². The van der Waals surface area contributed by atoms with Gasteiger partial charge in [-0.25, -0.2) is 4.39 Å². The molecule has 0 heterocycles. The number of hydrogen-bond acceptors (Lipinski definition) is 2. The first kappa shape index (κ1) is 16.1. The van der Waals surface area contributed by atoms with E-state index >= 15 is 0 Å². The average Bonchev–Trinajstić information content (AvgIpc) is 2.49. The zero-order valence-electron chi connectivity index (χ0n) is 12.2. The van der Waals surface area contributed by atoms with Gasteiger partial charge < -0.3 is 10.1 Å². The highest BCUT2D eigenvalue weighted by Gasteiger charge is 2.09. The number of nitrogens with one attached hydrogen (secondary N) is 1. The predicted molar refractivity (Wildman–Crippen MR) is 86.5 cm³/mol. The van der Waals surface area contributed by atoms with Crippen LogP contribution in [0.3, 0.4) is 0 Å². The lowest BCUT2D eigenvalue weighted by molar-refractivity contribution is 0.184. The summed E-state index contributed by atoms with van der Waals surface area (Å²) in [7, 11) is 1.70. The molecular formula is C17H19BrFNO. The molecular weight excluding hydrogens is 333 g/mol. The summed E-state index contributed by atoms with van der Waals surface area (Å²) in [5, 5.41) is 3.46. The van der Waals surface area contributed by atoms with Crippen molar-refractivity contribution in [2.45, 2.75) is 26.1 Å². The van der Waals surface area contributed by atoms with Crippen LogP contribution in [0.1, 0.15) is 29.7 Å². The first-order valence-electron chi connectivity index (χ1n) is 6.86. The Balaban J connectivity index is 2.03. The Labute approximate surface area is 133 Å². The normalized spacial score (nSPS) is 12.4. The third-order valence-corrected chi connectivity index (χ3v) is 4.07. The van der Waals surface area contributed by atoms with Gasteiger partial charge in [-0.2, -0.15) is 0 Å². The molecule has 0 fully saturated rings. The third kappa shape index (κ3) is 4.37. The van der Waals surface area contributed by atoms with E-state index in [0.717, 1.165) is 12.1 Å². The van der Waals surface area contributed by atoms with Gasteiger partial charge in [0.25, 0.3) is 0 Å². The SMILES string of the molecule is COCc1ccccc1CNC(C)c1ccc(F)c(Br)c1. The van der Waals surface area contributed by atoms with Crippen molar-refractivity contribution in [3.8, 4) is 0 Å². The average molecular weight is 352 g/mol. The standard InChI is InChI=1S/C17H19BrFNO/c1-12(13-7-8-17(19)16(18)9-13)20-10-14-5-3-4-6-15(14)11-21-2/h3-9,12,20H,10-11H2,1-2H3. The molecule has 0 aliphatic heterocycles. The van der Waals surface area contributed by atoms with Gasteiger partial charge >= 0.3 is 0 Å². The van der Waals surface area contributed by atoms with E-state index in [1.165, 1.54) is 17.2 Å². The second kappa shape index (κ2) is 7.69. The van der Waals surface area contributed by atoms with Crippen molar-refractivity contribution in [3.05, 3.63) is 69.4 Å². The lowest BCUT2D eigenvalue weighted by Gasteiger charge is -2.16. The molecule has 1 atom stereocenters. The highest BCUT2D eigenvalue weighted by Crippen LogP contribution is 2.21. The van der Waals surface area contributed by atoms with E-state index in [4.69, 9.17) is 4.74 Å². The van der Waals surface area contributed by atoms with E-state index < -0.39 is 0 Å². The van der Waals surface area contributed by atoms with Crippen LogP contribution in [0.15, 0.2) is 46.9 Å². The highest BCUT2D eigenvalue weighted by atomic mass is 79.9. The maximum absolute atomic E-state index is 13.3. The van der Waals surface area contributed by atoms with E-state index in [2.05, 4.69) is 40.3 Å². The molecule has 0 amide bonds. The zero-order valence-corrected chi connectivity index (χ0v) is 13.8. The third-order valence-electron chi connectivity index (χ3n) is 3.46. The van der Waals surface area contributed by atoms with E-state index in [9.17, 15) is 4.39 Å². The maximum Gasteiger partial charge on any atom is 0.137 e. The lowest BCUT2D eigenvalue weighted by Crippen LogP contribution is -2.19. The molecule has 2 aromatic rings. The molecule has 0 aliphatic carbocycles. The molecule has 2 rings (SSSR count). The number of ether oxygens (including phenoxy) is 1. The van der Waals surface area contributed by atoms with Crippen molar-refractivity contribution in [1.82, 2.24) is 5.32 Å². The van der Waals surface area contributed by atoms with E-state index in [0.29, 0.717) is 11.1 Å². The number of halogens is 2. The first-order valence-corrected chi connectivity index (χ1v) is 7.65. The maximum atomic E-state index is 13.3. The van der Waals surface area contributed by atoms with Gasteiger partial charge in [-0.3, -0.25) is 0 Å². The van der Waals surface area contributed by atoms with Crippen LogP contribution in [-0.2, 0) is 17.9 Å². The summed E-state index contributed by atoms with van der Waals surface area (Å²) >= 11 is 3.22. The summed E-state index contributed by atoms with van der Waals surface area (Å²) in [5.41, 5.74) is 3.44. The van der Waals surface area contributed by atoms with Crippen molar-refractivity contribution in [3.63, 3.8) is 0 Å². The smallest absolute Gasteiger partial charge is 0.137 e. The molecule has 4 heteroatoms. The van der Waals surface area contributed by atoms with Crippen LogP contribution >= 0.6 is 15.9 Å². The van der Waals surface area contributed by atoms with Crippen LogP contribution in [-0.4, -0.2) is 7.11 Å². The van der Waals surface area contributed by atoms with E-state index in [1.807, 2.05) is 18.2 Å². The monoisotopic (exact) mass is 351 g/mol. The van der Waals surface area contributed by atoms with Crippen LogP contribution in [0.25, 0.3) is 0 Å². The first-order chi connectivity index (χ1) is 10.1. The minimum atomic E-state index is -0.239. The van der Waals surface area contributed by atoms with Crippen LogP contribution in [0.2, 0.25) is 0 Å². The molecule has 0 spiro atoms. The highest BCUT2D eigenvalue weighted by molar-refractivity contribution is 9.10. The van der Waals surface area contributed by atoms with E-state index in [-0.39, 0.29) is 11.9 Å². The Hall–Kier alpha value is -1.23. The molecule has 0 aromatic heterocycles. The molecule has 0 saturated heterocycles. The fraction of sp³-hybridized carbons (Fsp3) is 0.294. The summed E-state index contributed by atoms with van der Waals surface area (Å²) < 4.78 is 19.0. The number of hydrogen-bond donors (Lipinski definition) is 1. The van der Waals surface area contributed by atoms with E-state index in [1.54, 1.807) is 13.2 Å². The van der Waals surface area contributed by atoms with Crippen molar-refractivity contribution >= 4 is 15.9 Å². The summed E-state index contributed by atoms with van der Waals surface area (Å²) in [6, 6.07) is 13.4. The van der Waals surface area contributed by atoms with Gasteiger partial charge in [0.2, 0.25) is 0 Å². The second-order valence-electron chi connectivity index (χ2n) is 4.98. The Morgan fingerprint density at radius 1 is 1.19 bits per heavy atom. The van der Waals surface area contributed by atoms with Gasteiger partial charge in [-0.05, 0) is 51.7 Å². The van der Waals surface area contributed by atoms with Gasteiger partial charge in [0.15, 0.2) is 0 Å². The molecule has 0 aliphatic rings. The minimum absolute atomic E-state index is 0.137. The molecule has 2 aromatic carbocycles. The Morgan fingerprint density at radius 3 is 2.57 bits per heavy atom. The van der Waals surface area contributed by atoms with Gasteiger partial charge in [-0.1, -0.05) is 30.3 Å². The summed E-state index contributed by atoms with van der Waals surface area (Å²) in [6.45, 7) is 3.42. The largest absolute Gasteiger partial charge is 0.380 e. The van der Waals surface area contributed by atoms with Crippen molar-refractivity contribution < 1.29 is 9.13 Å². The summed E-state index contributed by atoms with van der Waals surface area (Å²) in [6.07, 6.45) is 0. The summed E-state index contributed by atoms with van der Waals surface area (Å²) in [5.74, 6) is -0.239. The fourth-order valence-electron chi connectivity index (χ4n) is 2.19. The van der Waals surface area contributed by atoms with Crippen molar-refractivity contribution in [2.24, 2.45) is 0 Å². The zero-order chi connectivity index (χ0) is 15.2. The molecule has 1 unspecified atom stereocenters. The molecule has 112 valence electrons. The van der Waals surface area contributed by atoms with Crippen molar-refractivity contribution in [1.29, 1.82) is 0 Å². The van der Waals surface area contributed by atoms with Crippen LogP contribution in [0, 0.1) is 5.82 Å². The summed E-state index contributed by atoms with van der Waals surface area (Å²) in [4.78, 5) is 0. The molecule has 0 saturated carbocycles.